The molecule has 0 aliphatic heterocycles. The summed E-state index contributed by atoms with van der Waals surface area (Å²) in [4.78, 5) is 11.8. The second-order valence-electron chi connectivity index (χ2n) is 5.11. The molecule has 0 saturated carbocycles. The summed E-state index contributed by atoms with van der Waals surface area (Å²) in [7, 11) is 0. The Morgan fingerprint density at radius 3 is 2.60 bits per heavy atom. The van der Waals surface area contributed by atoms with Gasteiger partial charge in [0.05, 0.1) is 11.6 Å². The first kappa shape index (κ1) is 17.1. The van der Waals surface area contributed by atoms with Crippen LogP contribution in [0.5, 0.6) is 5.75 Å². The average molecular weight is 320 g/mol. The number of carbonyl (C=O) groups excluding carboxylic acids is 1. The summed E-state index contributed by atoms with van der Waals surface area (Å²) in [5, 5.41) is 12.8. The minimum absolute atomic E-state index is 0.169. The van der Waals surface area contributed by atoms with Crippen molar-refractivity contribution in [1.82, 2.24) is 5.32 Å². The first-order chi connectivity index (χ1) is 9.29. The Labute approximate surface area is 129 Å². The van der Waals surface area contributed by atoms with Crippen LogP contribution in [0, 0.1) is 0 Å². The van der Waals surface area contributed by atoms with Crippen molar-refractivity contribution >= 4 is 29.1 Å². The number of aliphatic hydroxyl groups excluding tert-OH is 1. The molecule has 0 unspecified atom stereocenters. The van der Waals surface area contributed by atoms with E-state index < -0.39 is 0 Å². The summed E-state index contributed by atoms with van der Waals surface area (Å²) in [5.74, 6) is 0.0368. The van der Waals surface area contributed by atoms with Crippen LogP contribution in [0.4, 0.5) is 0 Å². The van der Waals surface area contributed by atoms with Gasteiger partial charge in [-0.3, -0.25) is 4.79 Å². The van der Waals surface area contributed by atoms with E-state index in [4.69, 9.17) is 27.9 Å². The quantitative estimate of drug-likeness (QED) is 0.846. The van der Waals surface area contributed by atoms with Crippen molar-refractivity contribution in [2.24, 2.45) is 0 Å². The number of carbonyl (C=O) groups is 1. The zero-order valence-corrected chi connectivity index (χ0v) is 13.3. The maximum absolute atomic E-state index is 11.8. The number of rotatable bonds is 6. The van der Waals surface area contributed by atoms with Crippen LogP contribution in [0.2, 0.25) is 10.0 Å². The van der Waals surface area contributed by atoms with E-state index >= 15 is 0 Å². The van der Waals surface area contributed by atoms with Crippen LogP contribution in [-0.4, -0.2) is 23.2 Å². The summed E-state index contributed by atoms with van der Waals surface area (Å²) in [5.41, 5.74) is 0.161. The van der Waals surface area contributed by atoms with Gasteiger partial charge in [-0.25, -0.2) is 0 Å². The molecule has 0 saturated heterocycles. The second-order valence-corrected chi connectivity index (χ2v) is 5.95. The molecule has 1 rings (SSSR count). The molecule has 0 atom stereocenters. The van der Waals surface area contributed by atoms with Crippen LogP contribution in [0.25, 0.3) is 0 Å². The summed E-state index contributed by atoms with van der Waals surface area (Å²) >= 11 is 11.8. The van der Waals surface area contributed by atoms with Gasteiger partial charge in [-0.2, -0.15) is 0 Å². The van der Waals surface area contributed by atoms with Crippen molar-refractivity contribution in [1.29, 1.82) is 0 Å². The minimum atomic E-state index is -0.288. The molecular formula is C14H19Cl2NO3. The monoisotopic (exact) mass is 319 g/mol. The van der Waals surface area contributed by atoms with Crippen molar-refractivity contribution in [3.8, 4) is 5.75 Å². The van der Waals surface area contributed by atoms with E-state index in [-0.39, 0.29) is 35.4 Å². The summed E-state index contributed by atoms with van der Waals surface area (Å²) in [6.07, 6.45) is 0.808. The van der Waals surface area contributed by atoms with E-state index in [1.807, 2.05) is 20.8 Å². The number of ether oxygens (including phenoxy) is 1. The molecule has 1 amide bonds. The third-order valence-corrected chi connectivity index (χ3v) is 3.46. The fraction of sp³-hybridized carbons (Fsp3) is 0.500. The van der Waals surface area contributed by atoms with Crippen LogP contribution < -0.4 is 10.1 Å². The van der Waals surface area contributed by atoms with Crippen molar-refractivity contribution in [3.63, 3.8) is 0 Å². The van der Waals surface area contributed by atoms with E-state index in [1.165, 1.54) is 6.07 Å². The number of amides is 1. The smallest absolute Gasteiger partial charge is 0.258 e. The zero-order valence-electron chi connectivity index (χ0n) is 11.8. The molecular weight excluding hydrogens is 301 g/mol. The predicted octanol–water partition coefficient (Wildman–Crippen LogP) is 3.17. The first-order valence-corrected chi connectivity index (χ1v) is 7.07. The molecule has 6 heteroatoms. The lowest BCUT2D eigenvalue weighted by atomic mass is 10.0. The van der Waals surface area contributed by atoms with Crippen LogP contribution in [-0.2, 0) is 11.4 Å². The van der Waals surface area contributed by atoms with Gasteiger partial charge in [-0.05, 0) is 32.4 Å². The molecule has 0 aromatic heterocycles. The molecule has 20 heavy (non-hydrogen) atoms. The SMILES string of the molecule is CCC(C)(C)NC(=O)COc1c(Cl)cc(Cl)cc1CO. The lowest BCUT2D eigenvalue weighted by Crippen LogP contribution is -2.44. The molecule has 0 fully saturated rings. The van der Waals surface area contributed by atoms with Crippen molar-refractivity contribution in [2.45, 2.75) is 39.3 Å². The highest BCUT2D eigenvalue weighted by Gasteiger charge is 2.19. The number of benzene rings is 1. The molecule has 0 aliphatic carbocycles. The molecule has 0 radical (unpaired) electrons. The molecule has 0 bridgehead atoms. The molecule has 1 aromatic rings. The molecule has 0 heterocycles. The van der Waals surface area contributed by atoms with Gasteiger partial charge in [-0.15, -0.1) is 0 Å². The van der Waals surface area contributed by atoms with Gasteiger partial charge < -0.3 is 15.2 Å². The summed E-state index contributed by atoms with van der Waals surface area (Å²) in [6.45, 7) is 5.41. The normalized spacial score (nSPS) is 11.3. The Kier molecular flexibility index (Phi) is 6.11. The van der Waals surface area contributed by atoms with Crippen LogP contribution in [0.15, 0.2) is 12.1 Å². The first-order valence-electron chi connectivity index (χ1n) is 6.31. The second kappa shape index (κ2) is 7.16. The van der Waals surface area contributed by atoms with Crippen molar-refractivity contribution < 1.29 is 14.6 Å². The third-order valence-electron chi connectivity index (χ3n) is 2.96. The van der Waals surface area contributed by atoms with Gasteiger partial charge >= 0.3 is 0 Å². The third kappa shape index (κ3) is 4.85. The molecule has 1 aromatic carbocycles. The van der Waals surface area contributed by atoms with E-state index in [0.29, 0.717) is 10.6 Å². The van der Waals surface area contributed by atoms with Gasteiger partial charge in [0.1, 0.15) is 5.75 Å². The maximum Gasteiger partial charge on any atom is 0.258 e. The molecule has 112 valence electrons. The van der Waals surface area contributed by atoms with E-state index in [1.54, 1.807) is 6.07 Å². The lowest BCUT2D eigenvalue weighted by Gasteiger charge is -2.24. The number of halogens is 2. The molecule has 0 aliphatic rings. The Hall–Kier alpha value is -0.970. The van der Waals surface area contributed by atoms with Crippen LogP contribution in [0.3, 0.4) is 0 Å². The molecule has 0 spiro atoms. The van der Waals surface area contributed by atoms with E-state index in [9.17, 15) is 9.90 Å². The largest absolute Gasteiger partial charge is 0.482 e. The van der Waals surface area contributed by atoms with Gasteiger partial charge in [-0.1, -0.05) is 30.1 Å². The summed E-state index contributed by atoms with van der Waals surface area (Å²) < 4.78 is 5.40. The van der Waals surface area contributed by atoms with Crippen LogP contribution in [0.1, 0.15) is 32.8 Å². The van der Waals surface area contributed by atoms with Gasteiger partial charge in [0.2, 0.25) is 0 Å². The molecule has 4 nitrogen and oxygen atoms in total. The van der Waals surface area contributed by atoms with Crippen molar-refractivity contribution in [2.75, 3.05) is 6.61 Å². The number of hydrogen-bond donors (Lipinski definition) is 2. The fourth-order valence-electron chi connectivity index (χ4n) is 1.53. The van der Waals surface area contributed by atoms with Gasteiger partial charge in [0.25, 0.3) is 5.91 Å². The maximum atomic E-state index is 11.8. The Morgan fingerprint density at radius 2 is 2.05 bits per heavy atom. The zero-order chi connectivity index (χ0) is 15.3. The number of aliphatic hydroxyl groups is 1. The van der Waals surface area contributed by atoms with Gasteiger partial charge in [0.15, 0.2) is 6.61 Å². The highest BCUT2D eigenvalue weighted by atomic mass is 35.5. The standard InChI is InChI=1S/C14H19Cl2NO3/c1-4-14(2,3)17-12(19)8-20-13-9(7-18)5-10(15)6-11(13)16/h5-6,18H,4,7-8H2,1-3H3,(H,17,19). The van der Waals surface area contributed by atoms with Crippen molar-refractivity contribution in [3.05, 3.63) is 27.7 Å². The van der Waals surface area contributed by atoms with Gasteiger partial charge in [0, 0.05) is 16.1 Å². The van der Waals surface area contributed by atoms with E-state index in [2.05, 4.69) is 5.32 Å². The Balaban J connectivity index is 2.73. The topological polar surface area (TPSA) is 58.6 Å². The number of nitrogens with one attached hydrogen (secondary N) is 1. The highest BCUT2D eigenvalue weighted by Crippen LogP contribution is 2.32. The molecule has 2 N–H and O–H groups in total. The Morgan fingerprint density at radius 1 is 1.40 bits per heavy atom. The number of hydrogen-bond acceptors (Lipinski definition) is 3. The minimum Gasteiger partial charge on any atom is -0.482 e. The van der Waals surface area contributed by atoms with E-state index in [0.717, 1.165) is 6.42 Å². The predicted molar refractivity (Wildman–Crippen MR) is 80.4 cm³/mol. The highest BCUT2D eigenvalue weighted by molar-refractivity contribution is 6.35. The van der Waals surface area contributed by atoms with Crippen LogP contribution >= 0.6 is 23.2 Å². The average Bonchev–Trinajstić information content (AvgIpc) is 2.36. The summed E-state index contributed by atoms with van der Waals surface area (Å²) in [6, 6.07) is 3.06. The fourth-order valence-corrected chi connectivity index (χ4v) is 2.12. The Bertz CT molecular complexity index is 490. The lowest BCUT2D eigenvalue weighted by molar-refractivity contribution is -0.124.